The molecule has 0 radical (unpaired) electrons. The van der Waals surface area contributed by atoms with Crippen molar-refractivity contribution in [1.29, 1.82) is 0 Å². The number of benzene rings is 1. The van der Waals surface area contributed by atoms with Crippen LogP contribution in [0.3, 0.4) is 0 Å². The molecule has 1 heterocycles. The van der Waals surface area contributed by atoms with Gasteiger partial charge in [0.1, 0.15) is 0 Å². The lowest BCUT2D eigenvalue weighted by molar-refractivity contribution is 0.588. The lowest BCUT2D eigenvalue weighted by atomic mass is 10.0. The van der Waals surface area contributed by atoms with Crippen molar-refractivity contribution < 1.29 is 0 Å². The number of nitrogens with zero attached hydrogens (tertiary/aromatic N) is 1. The van der Waals surface area contributed by atoms with Crippen LogP contribution in [0.1, 0.15) is 31.0 Å². The summed E-state index contributed by atoms with van der Waals surface area (Å²) in [7, 11) is 2.02. The number of thioether (sulfide) groups is 1. The van der Waals surface area contributed by atoms with Gasteiger partial charge in [0.25, 0.3) is 0 Å². The van der Waals surface area contributed by atoms with E-state index in [2.05, 4.69) is 54.5 Å². The van der Waals surface area contributed by atoms with Crippen molar-refractivity contribution in [3.05, 3.63) is 59.8 Å². The second kappa shape index (κ2) is 7.46. The highest BCUT2D eigenvalue weighted by atomic mass is 32.2. The summed E-state index contributed by atoms with van der Waals surface area (Å²) in [5, 5.41) is 4.92. The van der Waals surface area contributed by atoms with Gasteiger partial charge in [-0.1, -0.05) is 44.2 Å². The Morgan fingerprint density at radius 1 is 1.15 bits per heavy atom. The molecule has 0 aliphatic heterocycles. The molecule has 0 fully saturated rings. The first kappa shape index (κ1) is 15.1. The molecule has 2 unspecified atom stereocenters. The van der Waals surface area contributed by atoms with Crippen LogP contribution in [0, 0.1) is 0 Å². The zero-order valence-corrected chi connectivity index (χ0v) is 13.2. The average molecular weight is 286 g/mol. The lowest BCUT2D eigenvalue weighted by Gasteiger charge is -2.23. The van der Waals surface area contributed by atoms with Gasteiger partial charge in [0.15, 0.2) is 0 Å². The Kier molecular flexibility index (Phi) is 5.62. The van der Waals surface area contributed by atoms with Crippen molar-refractivity contribution in [3.8, 4) is 0 Å². The normalized spacial score (nSPS) is 13.9. The summed E-state index contributed by atoms with van der Waals surface area (Å²) in [6.45, 7) is 4.43. The van der Waals surface area contributed by atoms with E-state index in [1.165, 1.54) is 11.1 Å². The first-order valence-corrected chi connectivity index (χ1v) is 7.96. The molecule has 1 aromatic heterocycles. The Hall–Kier alpha value is -1.32. The quantitative estimate of drug-likeness (QED) is 0.810. The molecule has 0 saturated heterocycles. The Morgan fingerprint density at radius 3 is 2.45 bits per heavy atom. The summed E-state index contributed by atoms with van der Waals surface area (Å²) in [6.07, 6.45) is 2.93. The molecule has 0 spiro atoms. The molecule has 0 amide bonds. The van der Waals surface area contributed by atoms with E-state index in [0.717, 1.165) is 11.4 Å². The fourth-order valence-electron chi connectivity index (χ4n) is 2.31. The van der Waals surface area contributed by atoms with Crippen molar-refractivity contribution >= 4 is 11.8 Å². The largest absolute Gasteiger partial charge is 0.312 e. The van der Waals surface area contributed by atoms with Crippen LogP contribution in [0.15, 0.2) is 53.7 Å². The minimum atomic E-state index is 0.327. The summed E-state index contributed by atoms with van der Waals surface area (Å²) >= 11 is 1.81. The number of aryl methyl sites for hydroxylation is 1. The summed E-state index contributed by atoms with van der Waals surface area (Å²) in [5.41, 5.74) is 2.72. The molecule has 20 heavy (non-hydrogen) atoms. The number of rotatable bonds is 6. The van der Waals surface area contributed by atoms with E-state index < -0.39 is 0 Å². The van der Waals surface area contributed by atoms with E-state index in [-0.39, 0.29) is 0 Å². The molecule has 0 aliphatic rings. The highest BCUT2D eigenvalue weighted by Crippen LogP contribution is 2.30. The lowest BCUT2D eigenvalue weighted by Crippen LogP contribution is -2.25. The summed E-state index contributed by atoms with van der Waals surface area (Å²) in [4.78, 5) is 4.39. The first-order chi connectivity index (χ1) is 9.74. The SMILES string of the molecule is CCc1ccc(C(NC)C(C)Sc2ccccn2)cc1. The Morgan fingerprint density at radius 2 is 1.90 bits per heavy atom. The molecule has 1 aromatic carbocycles. The molecule has 1 N–H and O–H groups in total. The second-order valence-electron chi connectivity index (χ2n) is 4.85. The van der Waals surface area contributed by atoms with Crippen LogP contribution >= 0.6 is 11.8 Å². The number of hydrogen-bond donors (Lipinski definition) is 1. The van der Waals surface area contributed by atoms with Gasteiger partial charge in [-0.25, -0.2) is 4.98 Å². The molecule has 2 rings (SSSR count). The molecule has 0 saturated carbocycles. The molecular weight excluding hydrogens is 264 g/mol. The Labute approximate surface area is 126 Å². The standard InChI is InChI=1S/C17H22N2S/c1-4-14-8-10-15(11-9-14)17(18-3)13(2)20-16-7-5-6-12-19-16/h5-13,17-18H,4H2,1-3H3. The van der Waals surface area contributed by atoms with Gasteiger partial charge in [-0.2, -0.15) is 0 Å². The van der Waals surface area contributed by atoms with Gasteiger partial charge in [-0.3, -0.25) is 0 Å². The summed E-state index contributed by atoms with van der Waals surface area (Å²) < 4.78 is 0. The van der Waals surface area contributed by atoms with Gasteiger partial charge in [0.2, 0.25) is 0 Å². The van der Waals surface area contributed by atoms with E-state index in [1.54, 1.807) is 0 Å². The van der Waals surface area contributed by atoms with Gasteiger partial charge in [0.05, 0.1) is 5.03 Å². The molecule has 3 heteroatoms. The van der Waals surface area contributed by atoms with E-state index in [0.29, 0.717) is 11.3 Å². The van der Waals surface area contributed by atoms with Crippen LogP contribution < -0.4 is 5.32 Å². The molecule has 0 aliphatic carbocycles. The minimum Gasteiger partial charge on any atom is -0.312 e. The zero-order valence-electron chi connectivity index (χ0n) is 12.3. The first-order valence-electron chi connectivity index (χ1n) is 7.08. The number of hydrogen-bond acceptors (Lipinski definition) is 3. The third kappa shape index (κ3) is 3.84. The van der Waals surface area contributed by atoms with Crippen molar-refractivity contribution in [2.45, 2.75) is 36.6 Å². The molecule has 106 valence electrons. The highest BCUT2D eigenvalue weighted by molar-refractivity contribution is 7.99. The highest BCUT2D eigenvalue weighted by Gasteiger charge is 2.18. The van der Waals surface area contributed by atoms with Crippen molar-refractivity contribution in [1.82, 2.24) is 10.3 Å². The topological polar surface area (TPSA) is 24.9 Å². The van der Waals surface area contributed by atoms with Gasteiger partial charge in [0, 0.05) is 17.5 Å². The summed E-state index contributed by atoms with van der Waals surface area (Å²) in [6, 6.07) is 15.3. The number of nitrogens with one attached hydrogen (secondary N) is 1. The van der Waals surface area contributed by atoms with Crippen LogP contribution in [0.25, 0.3) is 0 Å². The molecule has 2 nitrogen and oxygen atoms in total. The van der Waals surface area contributed by atoms with E-state index in [1.807, 2.05) is 37.1 Å². The number of pyridine rings is 1. The predicted octanol–water partition coefficient (Wildman–Crippen LogP) is 4.09. The average Bonchev–Trinajstić information content (AvgIpc) is 2.49. The third-order valence-corrected chi connectivity index (χ3v) is 4.60. The zero-order chi connectivity index (χ0) is 14.4. The fraction of sp³-hybridized carbons (Fsp3) is 0.353. The number of aromatic nitrogens is 1. The van der Waals surface area contributed by atoms with E-state index >= 15 is 0 Å². The van der Waals surface area contributed by atoms with Crippen LogP contribution in [0.4, 0.5) is 0 Å². The fourth-order valence-corrected chi connectivity index (χ4v) is 3.40. The predicted molar refractivity (Wildman–Crippen MR) is 87.2 cm³/mol. The van der Waals surface area contributed by atoms with Crippen LogP contribution in [0.2, 0.25) is 0 Å². The minimum absolute atomic E-state index is 0.327. The maximum absolute atomic E-state index is 4.39. The molecule has 0 bridgehead atoms. The Balaban J connectivity index is 2.10. The van der Waals surface area contributed by atoms with Gasteiger partial charge in [-0.15, -0.1) is 11.8 Å². The smallest absolute Gasteiger partial charge is 0.0963 e. The van der Waals surface area contributed by atoms with Crippen LogP contribution in [0.5, 0.6) is 0 Å². The van der Waals surface area contributed by atoms with Crippen LogP contribution in [-0.2, 0) is 6.42 Å². The molecule has 2 aromatic rings. The summed E-state index contributed by atoms with van der Waals surface area (Å²) in [5.74, 6) is 0. The van der Waals surface area contributed by atoms with Crippen molar-refractivity contribution in [2.24, 2.45) is 0 Å². The monoisotopic (exact) mass is 286 g/mol. The van der Waals surface area contributed by atoms with Gasteiger partial charge >= 0.3 is 0 Å². The maximum Gasteiger partial charge on any atom is 0.0963 e. The van der Waals surface area contributed by atoms with E-state index in [4.69, 9.17) is 0 Å². The molecule has 2 atom stereocenters. The van der Waals surface area contributed by atoms with Gasteiger partial charge < -0.3 is 5.32 Å². The van der Waals surface area contributed by atoms with Crippen molar-refractivity contribution in [2.75, 3.05) is 7.05 Å². The maximum atomic E-state index is 4.39. The van der Waals surface area contributed by atoms with Crippen molar-refractivity contribution in [3.63, 3.8) is 0 Å². The van der Waals surface area contributed by atoms with Gasteiger partial charge in [-0.05, 0) is 36.7 Å². The second-order valence-corrected chi connectivity index (χ2v) is 6.25. The van der Waals surface area contributed by atoms with Crippen LogP contribution in [-0.4, -0.2) is 17.3 Å². The van der Waals surface area contributed by atoms with E-state index in [9.17, 15) is 0 Å². The Bertz CT molecular complexity index is 510. The third-order valence-electron chi connectivity index (χ3n) is 3.47. The molecular formula is C17H22N2S.